The minimum atomic E-state index is -1.89. The van der Waals surface area contributed by atoms with Crippen LogP contribution in [0.4, 0.5) is 0 Å². The number of halogens is 1. The third-order valence-electron chi connectivity index (χ3n) is 9.61. The van der Waals surface area contributed by atoms with Crippen molar-refractivity contribution < 1.29 is 49.1 Å². The number of hydrogen-bond donors (Lipinski definition) is 5. The van der Waals surface area contributed by atoms with Gasteiger partial charge in [0.05, 0.1) is 36.1 Å². The van der Waals surface area contributed by atoms with E-state index >= 15 is 0 Å². The van der Waals surface area contributed by atoms with E-state index in [9.17, 15) is 44.4 Å². The number of nitrogens with zero attached hydrogens (tertiary/aromatic N) is 2. The number of aromatic hydroxyl groups is 2. The molecule has 0 saturated heterocycles. The molecule has 6 rings (SSSR count). The number of aliphatic hydroxyl groups is 2. The quantitative estimate of drug-likeness (QED) is 0.0594. The van der Waals surface area contributed by atoms with Gasteiger partial charge in [0, 0.05) is 51.7 Å². The number of fused-ring (bicyclic) bond motifs is 3. The van der Waals surface area contributed by atoms with Gasteiger partial charge >= 0.3 is 0 Å². The van der Waals surface area contributed by atoms with Crippen molar-refractivity contribution in [3.8, 4) is 17.2 Å². The van der Waals surface area contributed by atoms with Gasteiger partial charge in [-0.25, -0.2) is 5.43 Å². The molecule has 0 bridgehead atoms. The monoisotopic (exact) mass is 757 g/mol. The number of rotatable bonds is 7. The van der Waals surface area contributed by atoms with Crippen LogP contribution in [0.25, 0.3) is 0 Å². The Morgan fingerprint density at radius 1 is 1.02 bits per heavy atom. The van der Waals surface area contributed by atoms with Crippen LogP contribution < -0.4 is 10.2 Å². The van der Waals surface area contributed by atoms with Gasteiger partial charge in [-0.1, -0.05) is 34.7 Å². The standard InChI is InChI=1S/C33H32IN3O10/c1-47-20-4-2-3-17-25(20)31(44)27-26(28(17)41)29(42)18-11-33(46,12-19(34)24(18)30(27)43)21(14-38)35-36-32(45)16-7-5-15(6-8-16)13-37-22(39)9-10-23(37)40/h2-4,9-10,15-16,19,38,42-43,46H,5-8,11-14H2,1H3,(H,36,45)/b35-21+/t15?,16?,19?,33-/m0/s1. The maximum absolute atomic E-state index is 13.6. The lowest BCUT2D eigenvalue weighted by atomic mass is 9.73. The molecule has 14 heteroatoms. The van der Waals surface area contributed by atoms with Crippen molar-refractivity contribution in [3.05, 3.63) is 63.7 Å². The summed E-state index contributed by atoms with van der Waals surface area (Å²) < 4.78 is 4.58. The molecule has 2 aromatic carbocycles. The zero-order valence-electron chi connectivity index (χ0n) is 25.3. The van der Waals surface area contributed by atoms with Crippen LogP contribution in [0.1, 0.15) is 79.0 Å². The highest BCUT2D eigenvalue weighted by Crippen LogP contribution is 2.53. The van der Waals surface area contributed by atoms with Crippen molar-refractivity contribution in [2.24, 2.45) is 16.9 Å². The molecule has 3 aliphatic carbocycles. The molecule has 5 N–H and O–H groups in total. The highest BCUT2D eigenvalue weighted by molar-refractivity contribution is 14.1. The molecule has 47 heavy (non-hydrogen) atoms. The Morgan fingerprint density at radius 2 is 1.68 bits per heavy atom. The number of phenolic OH excluding ortho intramolecular Hbond substituents is 2. The molecule has 2 atom stereocenters. The largest absolute Gasteiger partial charge is 0.507 e. The maximum atomic E-state index is 13.6. The van der Waals surface area contributed by atoms with Crippen LogP contribution >= 0.6 is 22.6 Å². The number of benzene rings is 2. The van der Waals surface area contributed by atoms with E-state index in [0.29, 0.717) is 32.2 Å². The second kappa shape index (κ2) is 12.5. The number of hydrazone groups is 1. The molecular formula is C33H32IN3O10. The van der Waals surface area contributed by atoms with Crippen molar-refractivity contribution in [1.82, 2.24) is 10.3 Å². The normalized spacial score (nSPS) is 25.4. The molecule has 1 aliphatic heterocycles. The van der Waals surface area contributed by atoms with Crippen LogP contribution in [0.3, 0.4) is 0 Å². The fourth-order valence-corrected chi connectivity index (χ4v) is 8.50. The first kappa shape index (κ1) is 32.8. The van der Waals surface area contributed by atoms with E-state index in [-0.39, 0.29) is 75.4 Å². The highest BCUT2D eigenvalue weighted by Gasteiger charge is 2.47. The number of nitrogens with one attached hydrogen (secondary N) is 1. The summed E-state index contributed by atoms with van der Waals surface area (Å²) in [5.74, 6) is -3.71. The van der Waals surface area contributed by atoms with Crippen LogP contribution in [-0.2, 0) is 20.8 Å². The van der Waals surface area contributed by atoms with Gasteiger partial charge in [0.25, 0.3) is 11.8 Å². The summed E-state index contributed by atoms with van der Waals surface area (Å²) >= 11 is 1.94. The summed E-state index contributed by atoms with van der Waals surface area (Å²) in [4.78, 5) is 65.2. The van der Waals surface area contributed by atoms with E-state index in [1.54, 1.807) is 0 Å². The fraction of sp³-hybridized carbons (Fsp3) is 0.394. The predicted molar refractivity (Wildman–Crippen MR) is 174 cm³/mol. The minimum absolute atomic E-state index is 0.00187. The number of alkyl halides is 1. The van der Waals surface area contributed by atoms with Crippen LogP contribution in [-0.4, -0.2) is 86.2 Å². The summed E-state index contributed by atoms with van der Waals surface area (Å²) in [6.07, 6.45) is 4.25. The lowest BCUT2D eigenvalue weighted by molar-refractivity contribution is -0.138. The summed E-state index contributed by atoms with van der Waals surface area (Å²) in [6.45, 7) is -0.444. The number of methoxy groups -OCH3 is 1. The summed E-state index contributed by atoms with van der Waals surface area (Å²) in [7, 11) is 1.35. The van der Waals surface area contributed by atoms with Gasteiger partial charge in [0.15, 0.2) is 5.78 Å². The second-order valence-electron chi connectivity index (χ2n) is 12.3. The van der Waals surface area contributed by atoms with E-state index in [4.69, 9.17) is 4.74 Å². The van der Waals surface area contributed by atoms with Crippen LogP contribution in [0.5, 0.6) is 17.2 Å². The molecule has 0 aromatic heterocycles. The first-order chi connectivity index (χ1) is 22.4. The molecule has 4 aliphatic rings. The Hall–Kier alpha value is -4.15. The molecule has 1 saturated carbocycles. The third-order valence-corrected chi connectivity index (χ3v) is 10.7. The molecule has 1 unspecified atom stereocenters. The Labute approximate surface area is 282 Å². The van der Waals surface area contributed by atoms with E-state index in [2.05, 4.69) is 10.5 Å². The number of ether oxygens (including phenoxy) is 1. The van der Waals surface area contributed by atoms with E-state index in [0.717, 1.165) is 0 Å². The van der Waals surface area contributed by atoms with Crippen molar-refractivity contribution in [3.63, 3.8) is 0 Å². The number of carbonyl (C=O) groups excluding carboxylic acids is 5. The van der Waals surface area contributed by atoms with Crippen molar-refractivity contribution in [2.75, 3.05) is 20.3 Å². The Morgan fingerprint density at radius 3 is 2.32 bits per heavy atom. The summed E-state index contributed by atoms with van der Waals surface area (Å²) in [5.41, 5.74) is -0.165. The third kappa shape index (κ3) is 5.51. The molecular weight excluding hydrogens is 725 g/mol. The Bertz CT molecular complexity index is 1780. The number of ketones is 2. The first-order valence-corrected chi connectivity index (χ1v) is 16.4. The summed E-state index contributed by atoms with van der Waals surface area (Å²) in [6, 6.07) is 4.47. The van der Waals surface area contributed by atoms with Gasteiger partial charge < -0.3 is 25.2 Å². The van der Waals surface area contributed by atoms with Crippen molar-refractivity contribution in [2.45, 2.75) is 48.1 Å². The molecule has 1 heterocycles. The highest BCUT2D eigenvalue weighted by atomic mass is 127. The van der Waals surface area contributed by atoms with E-state index < -0.39 is 51.0 Å². The van der Waals surface area contributed by atoms with E-state index in [1.165, 1.54) is 42.4 Å². The number of carbonyl (C=O) groups is 5. The van der Waals surface area contributed by atoms with Crippen LogP contribution in [0.15, 0.2) is 35.5 Å². The van der Waals surface area contributed by atoms with E-state index in [1.807, 2.05) is 22.6 Å². The number of imide groups is 1. The van der Waals surface area contributed by atoms with Crippen LogP contribution in [0.2, 0.25) is 0 Å². The van der Waals surface area contributed by atoms with Gasteiger partial charge in [0.1, 0.15) is 22.8 Å². The minimum Gasteiger partial charge on any atom is -0.507 e. The Kier molecular flexibility index (Phi) is 8.69. The summed E-state index contributed by atoms with van der Waals surface area (Å²) in [5, 5.41) is 48.9. The molecule has 0 radical (unpaired) electrons. The predicted octanol–water partition coefficient (Wildman–Crippen LogP) is 2.23. The zero-order chi connectivity index (χ0) is 33.8. The molecule has 13 nitrogen and oxygen atoms in total. The van der Waals surface area contributed by atoms with Crippen LogP contribution in [0, 0.1) is 11.8 Å². The van der Waals surface area contributed by atoms with Gasteiger partial charge in [-0.2, -0.15) is 5.10 Å². The van der Waals surface area contributed by atoms with Crippen molar-refractivity contribution >= 4 is 57.6 Å². The zero-order valence-corrected chi connectivity index (χ0v) is 27.4. The molecule has 1 fully saturated rings. The topological polar surface area (TPSA) is 203 Å². The number of hydrogen-bond acceptors (Lipinski definition) is 11. The molecule has 3 amide bonds. The van der Waals surface area contributed by atoms with Gasteiger partial charge in [-0.15, -0.1) is 0 Å². The number of aliphatic hydroxyl groups excluding tert-OH is 1. The number of phenols is 2. The Balaban J connectivity index is 1.21. The average molecular weight is 758 g/mol. The smallest absolute Gasteiger partial charge is 0.253 e. The fourth-order valence-electron chi connectivity index (χ4n) is 7.10. The van der Waals surface area contributed by atoms with Gasteiger partial charge in [0.2, 0.25) is 11.7 Å². The molecule has 2 aromatic rings. The lowest BCUT2D eigenvalue weighted by Crippen LogP contribution is -2.47. The maximum Gasteiger partial charge on any atom is 0.253 e. The lowest BCUT2D eigenvalue weighted by Gasteiger charge is -2.38. The van der Waals surface area contributed by atoms with Gasteiger partial charge in [-0.05, 0) is 44.1 Å². The molecule has 0 spiro atoms. The average Bonchev–Trinajstić information content (AvgIpc) is 3.37. The first-order valence-electron chi connectivity index (χ1n) is 15.1. The van der Waals surface area contributed by atoms with Gasteiger partial charge in [-0.3, -0.25) is 28.9 Å². The van der Waals surface area contributed by atoms with Crippen molar-refractivity contribution in [1.29, 1.82) is 0 Å². The SMILES string of the molecule is COc1cccc2c1C(=O)c1c(O)c3c(c(O)c1C2=O)C[C@@](O)(/C(CO)=N/NC(=O)C1CCC(CN2C(=O)C=CC2=O)CC1)CC3I. The number of amides is 3. The molecule has 246 valence electrons. The second-order valence-corrected chi connectivity index (χ2v) is 13.8.